The molecule has 0 aromatic rings. The molecule has 26 nitrogen and oxygen atoms in total. The minimum atomic E-state index is -4.77. The SMILES string of the molecule is CCCCCCCCCCCCN1CCN(C)C1=NP(=O)(OC[C@H]1OCC[C@H]1OP(=O)(N=C1N(C)CCN1CCCCCCCCCCCC)OCC1OCC[C@H]1OP(=O)(N=C1N(C)CCN1CCCCCCCCCCCC)OC(C)(C)C)O[C@@H]1CCO[C@@H]1COP(=O)([O-])OCCCCCCO. The fourth-order valence-corrected chi connectivity index (χ4v) is 19.8. The predicted molar refractivity (Wildman–Crippen MR) is 409 cm³/mol. The molecule has 0 aromatic heterocycles. The molecule has 0 saturated carbocycles. The van der Waals surface area contributed by atoms with Gasteiger partial charge in [0.25, 0.3) is 7.82 Å². The normalized spacial score (nSPS) is 24.9. The summed E-state index contributed by atoms with van der Waals surface area (Å²) in [7, 11) is -12.4. The van der Waals surface area contributed by atoms with Crippen LogP contribution in [0.4, 0.5) is 0 Å². The third kappa shape index (κ3) is 35.0. The Morgan fingerprint density at radius 2 is 0.699 bits per heavy atom. The molecule has 0 amide bonds. The second kappa shape index (κ2) is 49.5. The molecule has 6 heterocycles. The number of phosphoric acid groups is 1. The molecule has 0 spiro atoms. The summed E-state index contributed by atoms with van der Waals surface area (Å²) in [6, 6.07) is 0. The van der Waals surface area contributed by atoms with Gasteiger partial charge in [0.05, 0.1) is 50.3 Å². The fourth-order valence-electron chi connectivity index (χ4n) is 14.0. The zero-order valence-electron chi connectivity index (χ0n) is 65.4. The van der Waals surface area contributed by atoms with Crippen molar-refractivity contribution in [2.24, 2.45) is 14.3 Å². The fraction of sp³-hybridized carbons (Fsp3) is 0.959. The number of aliphatic hydroxyl groups excluding tert-OH is 1. The highest BCUT2D eigenvalue weighted by molar-refractivity contribution is 7.53. The lowest BCUT2D eigenvalue weighted by Crippen LogP contribution is -2.34. The number of aliphatic hydroxyl groups is 1. The van der Waals surface area contributed by atoms with E-state index in [-0.39, 0.29) is 59.1 Å². The average molecular weight is 1540 g/mol. The molecule has 602 valence electrons. The number of hydrogen-bond donors (Lipinski definition) is 1. The van der Waals surface area contributed by atoms with Crippen molar-refractivity contribution in [3.63, 3.8) is 0 Å². The summed E-state index contributed by atoms with van der Waals surface area (Å²) in [5, 5.41) is 9.14. The molecule has 0 bridgehead atoms. The Bertz CT molecular complexity index is 2620. The van der Waals surface area contributed by atoms with E-state index >= 15 is 13.7 Å². The van der Waals surface area contributed by atoms with Gasteiger partial charge >= 0.3 is 23.2 Å². The maximum Gasteiger partial charge on any atom is 0.457 e. The summed E-state index contributed by atoms with van der Waals surface area (Å²) in [6.45, 7) is 17.8. The van der Waals surface area contributed by atoms with Gasteiger partial charge in [0.1, 0.15) is 18.3 Å². The molecule has 0 radical (unpaired) electrons. The largest absolute Gasteiger partial charge is 0.756 e. The van der Waals surface area contributed by atoms with Gasteiger partial charge in [-0.15, -0.1) is 14.3 Å². The van der Waals surface area contributed by atoms with Crippen LogP contribution in [-0.2, 0) is 68.7 Å². The first-order chi connectivity index (χ1) is 49.6. The number of guanidine groups is 3. The van der Waals surface area contributed by atoms with Crippen molar-refractivity contribution in [2.45, 2.75) is 321 Å². The van der Waals surface area contributed by atoms with Crippen LogP contribution in [0.1, 0.15) is 279 Å². The lowest BCUT2D eigenvalue weighted by Gasteiger charge is -2.30. The number of ether oxygens (including phenoxy) is 3. The zero-order chi connectivity index (χ0) is 74.2. The van der Waals surface area contributed by atoms with Crippen LogP contribution < -0.4 is 4.89 Å². The summed E-state index contributed by atoms with van der Waals surface area (Å²) in [4.78, 5) is 25.3. The summed E-state index contributed by atoms with van der Waals surface area (Å²) < 4.78 is 143. The van der Waals surface area contributed by atoms with Crippen LogP contribution in [0.2, 0.25) is 0 Å². The highest BCUT2D eigenvalue weighted by Gasteiger charge is 2.47. The van der Waals surface area contributed by atoms with Crippen molar-refractivity contribution >= 4 is 48.9 Å². The zero-order valence-corrected chi connectivity index (χ0v) is 69.0. The molecule has 5 unspecified atom stereocenters. The molecular weight excluding hydrogens is 1400 g/mol. The standard InChI is InChI=1S/C73H143N9O17P4/c1-10-13-16-19-22-25-28-31-34-39-47-80-53-50-77(7)70(80)74-100(84,94-62-68-66(46-60-90-68)98-102(86,99-73(4,5)6)76-72-79(9)52-55-82(72)49-41-36-33-30-27-24-21-18-15-12-3)96-64-44-58-89-67(64)61-93-101(85,75-71-78(8)51-54-81(71)48-40-35-32-29-26-23-20-17-14-11-2)97-65-45-59-91-69(65)63-95-103(87,88)92-57-43-38-37-42-56-83/h64-69,83H,10-63H2,1-9H3,(H,87,88)/p-1/t64-,65-,66-,67-,68?,69-,100?,101?,102?/m1/s1. The van der Waals surface area contributed by atoms with Crippen LogP contribution in [0.3, 0.4) is 0 Å². The quantitative estimate of drug-likeness (QED) is 0.0438. The van der Waals surface area contributed by atoms with Crippen LogP contribution in [0.5, 0.6) is 0 Å². The van der Waals surface area contributed by atoms with E-state index in [1.807, 2.05) is 56.6 Å². The topological polar surface area (TPSA) is 270 Å². The Balaban J connectivity index is 1.21. The molecule has 6 fully saturated rings. The van der Waals surface area contributed by atoms with Crippen molar-refractivity contribution in [1.82, 2.24) is 29.4 Å². The van der Waals surface area contributed by atoms with E-state index in [4.69, 9.17) is 69.8 Å². The Labute approximate surface area is 622 Å². The monoisotopic (exact) mass is 1540 g/mol. The first-order valence-electron chi connectivity index (χ1n) is 40.7. The molecule has 6 rings (SSSR count). The maximum atomic E-state index is 16.0. The Morgan fingerprint density at radius 3 is 1.03 bits per heavy atom. The number of nitrogens with zero attached hydrogens (tertiary/aromatic N) is 9. The first-order valence-corrected chi connectivity index (χ1v) is 46.6. The van der Waals surface area contributed by atoms with Gasteiger partial charge in [-0.3, -0.25) is 31.7 Å². The highest BCUT2D eigenvalue weighted by atomic mass is 31.2. The van der Waals surface area contributed by atoms with Gasteiger partial charge in [0, 0.05) is 126 Å². The third-order valence-electron chi connectivity index (χ3n) is 20.1. The highest BCUT2D eigenvalue weighted by Crippen LogP contribution is 2.59. The first kappa shape index (κ1) is 90.1. The number of unbranched alkanes of at least 4 members (excludes halogenated alkanes) is 30. The van der Waals surface area contributed by atoms with Crippen molar-refractivity contribution in [3.05, 3.63) is 0 Å². The third-order valence-corrected chi connectivity index (χ3v) is 25.7. The predicted octanol–water partition coefficient (Wildman–Crippen LogP) is 16.3. The lowest BCUT2D eigenvalue weighted by molar-refractivity contribution is -0.227. The molecular formula is C73H142N9O17P4-. The van der Waals surface area contributed by atoms with Gasteiger partial charge in [0.15, 0.2) is 0 Å². The summed E-state index contributed by atoms with van der Waals surface area (Å²) in [5.41, 5.74) is -0.905. The number of rotatable bonds is 59. The van der Waals surface area contributed by atoms with Crippen molar-refractivity contribution in [1.29, 1.82) is 0 Å². The molecule has 30 heteroatoms. The van der Waals surface area contributed by atoms with Gasteiger partial charge in [-0.2, -0.15) is 0 Å². The number of phosphoric ester groups is 1. The van der Waals surface area contributed by atoms with E-state index < -0.39 is 79.9 Å². The van der Waals surface area contributed by atoms with Crippen molar-refractivity contribution < 1.29 is 78.7 Å². The molecule has 0 aromatic carbocycles. The van der Waals surface area contributed by atoms with E-state index in [0.717, 1.165) is 70.9 Å². The van der Waals surface area contributed by atoms with Crippen molar-refractivity contribution in [2.75, 3.05) is 133 Å². The van der Waals surface area contributed by atoms with E-state index in [0.29, 0.717) is 89.4 Å². The number of hydrogen-bond acceptors (Lipinski definition) is 17. The summed E-state index contributed by atoms with van der Waals surface area (Å²) in [5.74, 6) is 1.47. The molecule has 6 saturated heterocycles. The van der Waals surface area contributed by atoms with E-state index in [2.05, 4.69) is 35.5 Å². The summed E-state index contributed by atoms with van der Waals surface area (Å²) >= 11 is 0. The Kier molecular flexibility index (Phi) is 43.3. The van der Waals surface area contributed by atoms with Crippen LogP contribution in [0.25, 0.3) is 0 Å². The smallest absolute Gasteiger partial charge is 0.457 e. The molecule has 0 aliphatic carbocycles. The second-order valence-corrected chi connectivity index (χ2v) is 36.6. The molecule has 6 aliphatic heterocycles. The van der Waals surface area contributed by atoms with E-state index in [1.165, 1.54) is 141 Å². The lowest BCUT2D eigenvalue weighted by atomic mass is 10.1. The van der Waals surface area contributed by atoms with E-state index in [9.17, 15) is 9.46 Å². The minimum absolute atomic E-state index is 0.0647. The average Bonchev–Trinajstić information content (AvgIpc) is 1.73. The van der Waals surface area contributed by atoms with Crippen LogP contribution in [0.15, 0.2) is 14.3 Å². The van der Waals surface area contributed by atoms with Crippen LogP contribution in [0, 0.1) is 0 Å². The molecule has 1 N–H and O–H groups in total. The Morgan fingerprint density at radius 1 is 0.408 bits per heavy atom. The maximum absolute atomic E-state index is 16.0. The van der Waals surface area contributed by atoms with Gasteiger partial charge in [0.2, 0.25) is 17.9 Å². The van der Waals surface area contributed by atoms with Gasteiger partial charge in [-0.05, 0) is 52.9 Å². The van der Waals surface area contributed by atoms with Gasteiger partial charge in [-0.1, -0.05) is 207 Å². The molecule has 6 aliphatic rings. The van der Waals surface area contributed by atoms with Crippen LogP contribution in [-0.4, -0.2) is 228 Å². The summed E-state index contributed by atoms with van der Waals surface area (Å²) in [6.07, 6.45) is 33.8. The Hall–Kier alpha value is -1.79. The number of likely N-dealkylation sites (N-methyl/N-ethyl adjacent to an activating group) is 3. The van der Waals surface area contributed by atoms with Gasteiger partial charge < -0.3 is 62.7 Å². The van der Waals surface area contributed by atoms with Crippen molar-refractivity contribution in [3.8, 4) is 0 Å². The molecule has 103 heavy (non-hydrogen) atoms. The minimum Gasteiger partial charge on any atom is -0.756 e. The second-order valence-electron chi connectivity index (χ2n) is 30.4. The van der Waals surface area contributed by atoms with Crippen LogP contribution >= 0.6 is 31.1 Å². The van der Waals surface area contributed by atoms with Gasteiger partial charge in [-0.25, -0.2) is 13.7 Å². The molecule has 10 atom stereocenters. The van der Waals surface area contributed by atoms with E-state index in [1.54, 1.807) is 0 Å².